The average Bonchev–Trinajstić information content (AvgIpc) is 3.01. The van der Waals surface area contributed by atoms with Crippen molar-refractivity contribution in [1.82, 2.24) is 4.98 Å². The summed E-state index contributed by atoms with van der Waals surface area (Å²) in [6.45, 7) is 3.73. The Morgan fingerprint density at radius 1 is 1.25 bits per heavy atom. The first-order valence-electron chi connectivity index (χ1n) is 9.51. The fourth-order valence-electron chi connectivity index (χ4n) is 3.90. The van der Waals surface area contributed by atoms with Crippen molar-refractivity contribution in [1.29, 1.82) is 0 Å². The topological polar surface area (TPSA) is 94.7 Å². The number of amides is 1. The first-order chi connectivity index (χ1) is 13.5. The van der Waals surface area contributed by atoms with Crippen LogP contribution in [0.3, 0.4) is 0 Å². The van der Waals surface area contributed by atoms with Crippen molar-refractivity contribution in [2.75, 3.05) is 18.0 Å². The van der Waals surface area contributed by atoms with Crippen molar-refractivity contribution in [3.8, 4) is 5.88 Å². The molecule has 4 rings (SSSR count). The minimum atomic E-state index is -0.193. The summed E-state index contributed by atoms with van der Waals surface area (Å²) in [5.74, 6) is -0.0820. The normalized spacial score (nSPS) is 15.5. The summed E-state index contributed by atoms with van der Waals surface area (Å²) in [5, 5.41) is 11.1. The van der Waals surface area contributed by atoms with Gasteiger partial charge in [0.25, 0.3) is 0 Å². The van der Waals surface area contributed by atoms with Crippen LogP contribution in [0.4, 0.5) is 11.4 Å². The van der Waals surface area contributed by atoms with Crippen LogP contribution in [0.15, 0.2) is 47.5 Å². The van der Waals surface area contributed by atoms with Gasteiger partial charge in [-0.2, -0.15) is 0 Å². The number of nitrogens with zero attached hydrogens (tertiary/aromatic N) is 2. The van der Waals surface area contributed by atoms with Crippen LogP contribution >= 0.6 is 0 Å². The van der Waals surface area contributed by atoms with E-state index in [2.05, 4.69) is 27.9 Å². The molecule has 1 aliphatic rings. The van der Waals surface area contributed by atoms with Gasteiger partial charge in [0.15, 0.2) is 5.88 Å². The fraction of sp³-hybridized carbons (Fsp3) is 0.273. The highest BCUT2D eigenvalue weighted by Gasteiger charge is 2.23. The molecule has 1 aromatic heterocycles. The molecule has 0 saturated carbocycles. The molecule has 1 amide bonds. The summed E-state index contributed by atoms with van der Waals surface area (Å²) in [5.41, 5.74) is 10.1. The van der Waals surface area contributed by atoms with Gasteiger partial charge in [-0.3, -0.25) is 9.79 Å². The lowest BCUT2D eigenvalue weighted by molar-refractivity contribution is -0.122. The average molecular weight is 376 g/mol. The maximum atomic E-state index is 11.4. The molecule has 28 heavy (non-hydrogen) atoms. The summed E-state index contributed by atoms with van der Waals surface area (Å²) in [4.78, 5) is 21.2. The van der Waals surface area contributed by atoms with Gasteiger partial charge in [-0.1, -0.05) is 18.2 Å². The summed E-state index contributed by atoms with van der Waals surface area (Å²) >= 11 is 0. The molecule has 6 heteroatoms. The van der Waals surface area contributed by atoms with E-state index < -0.39 is 0 Å². The molecule has 0 bridgehead atoms. The molecule has 1 saturated heterocycles. The quantitative estimate of drug-likeness (QED) is 0.607. The van der Waals surface area contributed by atoms with E-state index in [1.165, 1.54) is 0 Å². The number of carbonyl (C=O) groups excluding carboxylic acids is 1. The lowest BCUT2D eigenvalue weighted by atomic mass is 9.95. The zero-order valence-corrected chi connectivity index (χ0v) is 15.9. The number of rotatable bonds is 4. The number of hydrogen-bond donors (Lipinski definition) is 3. The molecule has 2 heterocycles. The monoisotopic (exact) mass is 376 g/mol. The van der Waals surface area contributed by atoms with Crippen LogP contribution in [-0.4, -0.2) is 35.3 Å². The summed E-state index contributed by atoms with van der Waals surface area (Å²) < 4.78 is 0. The van der Waals surface area contributed by atoms with E-state index in [9.17, 15) is 9.90 Å². The lowest BCUT2D eigenvalue weighted by Gasteiger charge is -2.33. The molecule has 6 nitrogen and oxygen atoms in total. The van der Waals surface area contributed by atoms with Gasteiger partial charge in [-0.05, 0) is 49.6 Å². The van der Waals surface area contributed by atoms with Gasteiger partial charge in [-0.25, -0.2) is 0 Å². The Morgan fingerprint density at radius 3 is 2.71 bits per heavy atom. The van der Waals surface area contributed by atoms with Crippen LogP contribution in [0.5, 0.6) is 5.88 Å². The molecular formula is C22H24N4O2. The Kier molecular flexibility index (Phi) is 4.77. The number of piperidine rings is 1. The first-order valence-corrected chi connectivity index (χ1v) is 9.51. The SMILES string of the molecule is Cc1cc(N=Cc2c(O)[nH]c3ccccc23)ccc1N1CCC(C(N)=O)CC1. The van der Waals surface area contributed by atoms with Crippen molar-refractivity contribution in [2.45, 2.75) is 19.8 Å². The Hall–Kier alpha value is -3.28. The number of aromatic amines is 1. The Morgan fingerprint density at radius 2 is 2.00 bits per heavy atom. The third kappa shape index (κ3) is 3.45. The highest BCUT2D eigenvalue weighted by molar-refractivity contribution is 6.02. The Bertz CT molecular complexity index is 1050. The second-order valence-electron chi connectivity index (χ2n) is 7.33. The molecule has 1 fully saturated rings. The third-order valence-electron chi connectivity index (χ3n) is 5.49. The number of anilines is 1. The predicted octanol–water partition coefficient (Wildman–Crippen LogP) is 3.63. The van der Waals surface area contributed by atoms with Gasteiger partial charge in [-0.15, -0.1) is 0 Å². The standard InChI is InChI=1S/C22H24N4O2/c1-14-12-16(6-7-20(14)26-10-8-15(9-11-26)21(23)27)24-13-18-17-4-2-3-5-19(17)25-22(18)28/h2-7,12-13,15,25,28H,8-11H2,1H3,(H2,23,27). The van der Waals surface area contributed by atoms with Gasteiger partial charge in [0.1, 0.15) is 0 Å². The van der Waals surface area contributed by atoms with E-state index in [4.69, 9.17) is 5.73 Å². The second-order valence-corrected chi connectivity index (χ2v) is 7.33. The number of aliphatic imine (C=N–C) groups is 1. The van der Waals surface area contributed by atoms with Crippen LogP contribution in [0.1, 0.15) is 24.0 Å². The van der Waals surface area contributed by atoms with Gasteiger partial charge in [0.2, 0.25) is 5.91 Å². The molecule has 0 radical (unpaired) electrons. The van der Waals surface area contributed by atoms with E-state index in [1.54, 1.807) is 6.21 Å². The molecule has 0 aliphatic carbocycles. The number of nitrogens with two attached hydrogens (primary N) is 1. The number of carbonyl (C=O) groups is 1. The van der Waals surface area contributed by atoms with E-state index in [0.29, 0.717) is 5.56 Å². The summed E-state index contributed by atoms with van der Waals surface area (Å²) in [6, 6.07) is 13.8. The molecule has 1 aliphatic heterocycles. The van der Waals surface area contributed by atoms with Gasteiger partial charge < -0.3 is 20.7 Å². The second kappa shape index (κ2) is 7.38. The fourth-order valence-corrected chi connectivity index (χ4v) is 3.90. The number of aromatic hydroxyl groups is 1. The van der Waals surface area contributed by atoms with Gasteiger partial charge in [0, 0.05) is 41.8 Å². The van der Waals surface area contributed by atoms with Gasteiger partial charge >= 0.3 is 0 Å². The smallest absolute Gasteiger partial charge is 0.220 e. The van der Waals surface area contributed by atoms with Crippen LogP contribution < -0.4 is 10.6 Å². The maximum absolute atomic E-state index is 11.4. The first kappa shape index (κ1) is 18.1. The molecule has 3 aromatic rings. The summed E-state index contributed by atoms with van der Waals surface area (Å²) in [7, 11) is 0. The molecule has 4 N–H and O–H groups in total. The number of nitrogens with one attached hydrogen (secondary N) is 1. The zero-order chi connectivity index (χ0) is 19.7. The molecule has 2 aromatic carbocycles. The molecule has 0 spiro atoms. The van der Waals surface area contributed by atoms with Crippen LogP contribution in [-0.2, 0) is 4.79 Å². The lowest BCUT2D eigenvalue weighted by Crippen LogP contribution is -2.38. The summed E-state index contributed by atoms with van der Waals surface area (Å²) in [6.07, 6.45) is 3.30. The van der Waals surface area contributed by atoms with Crippen molar-refractivity contribution in [3.63, 3.8) is 0 Å². The maximum Gasteiger partial charge on any atom is 0.220 e. The molecular weight excluding hydrogens is 352 g/mol. The molecule has 0 unspecified atom stereocenters. The highest BCUT2D eigenvalue weighted by atomic mass is 16.3. The van der Waals surface area contributed by atoms with Crippen molar-refractivity contribution < 1.29 is 9.90 Å². The van der Waals surface area contributed by atoms with Crippen molar-refractivity contribution >= 4 is 34.4 Å². The predicted molar refractivity (Wildman–Crippen MR) is 113 cm³/mol. The largest absolute Gasteiger partial charge is 0.494 e. The number of para-hydroxylation sites is 1. The number of aromatic nitrogens is 1. The number of benzene rings is 2. The minimum absolute atomic E-state index is 0.00993. The zero-order valence-electron chi connectivity index (χ0n) is 15.9. The van der Waals surface area contributed by atoms with Crippen LogP contribution in [0.25, 0.3) is 10.9 Å². The highest BCUT2D eigenvalue weighted by Crippen LogP contribution is 2.30. The number of H-pyrrole nitrogens is 1. The number of aryl methyl sites for hydroxylation is 1. The van der Waals surface area contributed by atoms with Crippen LogP contribution in [0, 0.1) is 12.8 Å². The van der Waals surface area contributed by atoms with E-state index in [-0.39, 0.29) is 17.7 Å². The number of fused-ring (bicyclic) bond motifs is 1. The number of hydrogen-bond acceptors (Lipinski definition) is 4. The van der Waals surface area contributed by atoms with Crippen LogP contribution in [0.2, 0.25) is 0 Å². The van der Waals surface area contributed by atoms with Gasteiger partial charge in [0.05, 0.1) is 11.3 Å². The Balaban J connectivity index is 1.53. The Labute approximate surface area is 163 Å². The van der Waals surface area contributed by atoms with Crippen molar-refractivity contribution in [2.24, 2.45) is 16.6 Å². The van der Waals surface area contributed by atoms with E-state index in [0.717, 1.165) is 53.8 Å². The minimum Gasteiger partial charge on any atom is -0.494 e. The molecule has 144 valence electrons. The van der Waals surface area contributed by atoms with Crippen molar-refractivity contribution in [3.05, 3.63) is 53.6 Å². The van der Waals surface area contributed by atoms with E-state index in [1.807, 2.05) is 36.4 Å². The third-order valence-corrected chi connectivity index (χ3v) is 5.49. The number of primary amides is 1. The molecule has 0 atom stereocenters. The van der Waals surface area contributed by atoms with E-state index >= 15 is 0 Å².